The van der Waals surface area contributed by atoms with Crippen LogP contribution in [0.1, 0.15) is 22.3 Å². The van der Waals surface area contributed by atoms with E-state index in [2.05, 4.69) is 147 Å². The predicted molar refractivity (Wildman–Crippen MR) is 216 cm³/mol. The summed E-state index contributed by atoms with van der Waals surface area (Å²) in [5.74, 6) is -0.605. The lowest BCUT2D eigenvalue weighted by atomic mass is 9.88. The second-order valence-corrected chi connectivity index (χ2v) is 14.0. The molecule has 0 aromatic heterocycles. The van der Waals surface area contributed by atoms with Crippen molar-refractivity contribution in [3.8, 4) is 0 Å². The highest BCUT2D eigenvalue weighted by Crippen LogP contribution is 2.50. The van der Waals surface area contributed by atoms with Crippen molar-refractivity contribution in [3.05, 3.63) is 179 Å². The van der Waals surface area contributed by atoms with Crippen LogP contribution in [0.2, 0.25) is 0 Å². The van der Waals surface area contributed by atoms with Crippen molar-refractivity contribution in [2.75, 3.05) is 9.80 Å². The summed E-state index contributed by atoms with van der Waals surface area (Å²) in [6.07, 6.45) is 0. The van der Waals surface area contributed by atoms with Gasteiger partial charge in [0.2, 0.25) is 0 Å². The minimum absolute atomic E-state index is 0.303. The lowest BCUT2D eigenvalue weighted by Gasteiger charge is -2.29. The zero-order chi connectivity index (χ0) is 35.7. The Morgan fingerprint density at radius 3 is 0.808 bits per heavy atom. The van der Waals surface area contributed by atoms with E-state index in [1.807, 2.05) is 24.3 Å². The molecule has 252 valence electrons. The Bertz CT molecular complexity index is 2460. The molecule has 0 atom stereocenters. The largest absolute Gasteiger partial charge is 0.310 e. The highest BCUT2D eigenvalue weighted by atomic mass is 19.1. The number of halogens is 2. The van der Waals surface area contributed by atoms with E-state index in [0.29, 0.717) is 10.8 Å². The summed E-state index contributed by atoms with van der Waals surface area (Å²) in [6.45, 7) is 8.26. The van der Waals surface area contributed by atoms with Gasteiger partial charge < -0.3 is 9.80 Å². The molecule has 0 N–H and O–H groups in total. The molecule has 0 unspecified atom stereocenters. The van der Waals surface area contributed by atoms with E-state index in [9.17, 15) is 0 Å². The van der Waals surface area contributed by atoms with Crippen LogP contribution in [0.5, 0.6) is 0 Å². The second-order valence-electron chi connectivity index (χ2n) is 14.0. The second kappa shape index (κ2) is 12.2. The lowest BCUT2D eigenvalue weighted by molar-refractivity contribution is 0.639. The molecule has 0 bridgehead atoms. The van der Waals surface area contributed by atoms with Gasteiger partial charge in [-0.1, -0.05) is 95.1 Å². The first-order valence-corrected chi connectivity index (χ1v) is 17.6. The van der Waals surface area contributed by atoms with Gasteiger partial charge >= 0.3 is 0 Å². The molecule has 9 aromatic carbocycles. The molecule has 0 radical (unpaired) electrons. The van der Waals surface area contributed by atoms with Crippen LogP contribution in [0.25, 0.3) is 43.1 Å². The Morgan fingerprint density at radius 1 is 0.288 bits per heavy atom. The third-order valence-corrected chi connectivity index (χ3v) is 10.4. The first-order valence-electron chi connectivity index (χ1n) is 17.6. The molecule has 9 aromatic rings. The summed E-state index contributed by atoms with van der Waals surface area (Å²) in [5, 5.41) is 6.24. The molecular formula is C48H36F2N2. The van der Waals surface area contributed by atoms with Gasteiger partial charge in [-0.05, 0) is 122 Å². The van der Waals surface area contributed by atoms with E-state index in [-0.39, 0.29) is 11.6 Å². The van der Waals surface area contributed by atoms with Crippen molar-refractivity contribution >= 4 is 77.2 Å². The molecule has 9 rings (SSSR count). The van der Waals surface area contributed by atoms with Crippen LogP contribution >= 0.6 is 0 Å². The molecule has 0 spiro atoms. The third kappa shape index (κ3) is 5.05. The maximum atomic E-state index is 16.5. The van der Waals surface area contributed by atoms with Gasteiger partial charge in [0.15, 0.2) is 0 Å². The molecule has 0 fully saturated rings. The number of benzene rings is 9. The minimum atomic E-state index is -0.303. The third-order valence-electron chi connectivity index (χ3n) is 10.4. The summed E-state index contributed by atoms with van der Waals surface area (Å²) in [7, 11) is 0. The van der Waals surface area contributed by atoms with E-state index >= 15 is 8.78 Å². The smallest absolute Gasteiger partial charge is 0.133 e. The summed E-state index contributed by atoms with van der Waals surface area (Å²) in [4.78, 5) is 4.26. The Hall–Kier alpha value is -6.26. The van der Waals surface area contributed by atoms with Crippen molar-refractivity contribution in [3.63, 3.8) is 0 Å². The van der Waals surface area contributed by atoms with Crippen molar-refractivity contribution in [1.82, 2.24) is 0 Å². The van der Waals surface area contributed by atoms with Crippen molar-refractivity contribution < 1.29 is 8.78 Å². The fraction of sp³-hybridized carbons (Fsp3) is 0.0833. The van der Waals surface area contributed by atoms with Gasteiger partial charge in [-0.15, -0.1) is 0 Å². The SMILES string of the molecule is Cc1ccc(N(c2ccc(C)cc2)c2ccc3c4ccc(N(c5ccc(C)cc5)c5ccc(C)cc5)c5c(F)ccc(c6ccc(F)c2c63)c54)cc1. The fourth-order valence-corrected chi connectivity index (χ4v) is 7.77. The lowest BCUT2D eigenvalue weighted by Crippen LogP contribution is -2.12. The summed E-state index contributed by atoms with van der Waals surface area (Å²) in [5.41, 5.74) is 9.83. The summed E-state index contributed by atoms with van der Waals surface area (Å²) in [6, 6.07) is 48.3. The molecule has 0 aliphatic rings. The number of nitrogens with zero attached hydrogens (tertiary/aromatic N) is 2. The molecule has 52 heavy (non-hydrogen) atoms. The van der Waals surface area contributed by atoms with E-state index in [1.54, 1.807) is 12.1 Å². The minimum Gasteiger partial charge on any atom is -0.310 e. The van der Waals surface area contributed by atoms with Gasteiger partial charge in [0.05, 0.1) is 11.4 Å². The normalized spacial score (nSPS) is 11.7. The monoisotopic (exact) mass is 678 g/mol. The van der Waals surface area contributed by atoms with E-state index in [4.69, 9.17) is 0 Å². The molecule has 4 heteroatoms. The van der Waals surface area contributed by atoms with Crippen LogP contribution in [0.15, 0.2) is 146 Å². The number of hydrogen-bond donors (Lipinski definition) is 0. The number of hydrogen-bond acceptors (Lipinski definition) is 2. The molecule has 0 heterocycles. The van der Waals surface area contributed by atoms with Crippen molar-refractivity contribution in [2.45, 2.75) is 27.7 Å². The van der Waals surface area contributed by atoms with Crippen LogP contribution in [-0.2, 0) is 0 Å². The maximum Gasteiger partial charge on any atom is 0.133 e. The van der Waals surface area contributed by atoms with Gasteiger partial charge in [-0.3, -0.25) is 0 Å². The zero-order valence-corrected chi connectivity index (χ0v) is 29.5. The van der Waals surface area contributed by atoms with Gasteiger partial charge in [-0.25, -0.2) is 8.78 Å². The maximum absolute atomic E-state index is 16.5. The Kier molecular flexibility index (Phi) is 7.44. The Balaban J connectivity index is 1.35. The molecule has 2 nitrogen and oxygen atoms in total. The molecule has 0 aliphatic carbocycles. The van der Waals surface area contributed by atoms with Crippen LogP contribution in [0.3, 0.4) is 0 Å². The van der Waals surface area contributed by atoms with Gasteiger partial charge in [0.25, 0.3) is 0 Å². The quantitative estimate of drug-likeness (QED) is 0.128. The molecule has 0 amide bonds. The van der Waals surface area contributed by atoms with Gasteiger partial charge in [0, 0.05) is 44.3 Å². The van der Waals surface area contributed by atoms with E-state index in [1.165, 1.54) is 0 Å². The first kappa shape index (κ1) is 31.7. The van der Waals surface area contributed by atoms with E-state index in [0.717, 1.165) is 88.7 Å². The molecule has 0 saturated heterocycles. The average Bonchev–Trinajstić information content (AvgIpc) is 3.15. The average molecular weight is 679 g/mol. The number of anilines is 6. The van der Waals surface area contributed by atoms with Crippen molar-refractivity contribution in [2.24, 2.45) is 0 Å². The molecule has 0 aliphatic heterocycles. The van der Waals surface area contributed by atoms with Gasteiger partial charge in [-0.2, -0.15) is 0 Å². The number of fused-ring (bicyclic) bond motifs is 2. The Morgan fingerprint density at radius 2 is 0.538 bits per heavy atom. The van der Waals surface area contributed by atoms with E-state index < -0.39 is 0 Å². The predicted octanol–water partition coefficient (Wildman–Crippen LogP) is 14.2. The highest BCUT2D eigenvalue weighted by molar-refractivity contribution is 6.35. The van der Waals surface area contributed by atoms with Crippen LogP contribution in [-0.4, -0.2) is 0 Å². The highest BCUT2D eigenvalue weighted by Gasteiger charge is 2.25. The molecule has 0 saturated carbocycles. The van der Waals surface area contributed by atoms with Crippen LogP contribution in [0, 0.1) is 39.3 Å². The van der Waals surface area contributed by atoms with Crippen LogP contribution in [0.4, 0.5) is 42.9 Å². The number of aryl methyl sites for hydroxylation is 4. The summed E-state index contributed by atoms with van der Waals surface area (Å²) >= 11 is 0. The fourth-order valence-electron chi connectivity index (χ4n) is 7.77. The van der Waals surface area contributed by atoms with Crippen molar-refractivity contribution in [1.29, 1.82) is 0 Å². The molecular weight excluding hydrogens is 643 g/mol. The zero-order valence-electron chi connectivity index (χ0n) is 29.5. The number of rotatable bonds is 6. The topological polar surface area (TPSA) is 6.48 Å². The van der Waals surface area contributed by atoms with Gasteiger partial charge in [0.1, 0.15) is 11.6 Å². The standard InChI is InChI=1S/C48H36F2N2/c1-29-5-13-33(14-6-29)51(34-15-7-30(2)8-16-34)43-27-23-39-40-24-28-44(52(35-17-9-31(3)10-18-35)36-19-11-32(4)12-20-36)48-42(50)26-22-38(46(40)48)37-21-25-41(49)47(43)45(37)39/h5-28H,1-4H3. The Labute approximate surface area is 302 Å². The summed E-state index contributed by atoms with van der Waals surface area (Å²) < 4.78 is 33.1. The van der Waals surface area contributed by atoms with Crippen LogP contribution < -0.4 is 9.80 Å². The first-order chi connectivity index (χ1) is 25.3.